The van der Waals surface area contributed by atoms with Crippen LogP contribution in [0, 0.1) is 0 Å². The minimum absolute atomic E-state index is 0.505. The molecule has 0 unspecified atom stereocenters. The molecule has 1 aliphatic carbocycles. The molecule has 0 saturated heterocycles. The number of rotatable bonds is 3. The first-order valence-electron chi connectivity index (χ1n) is 4.64. The van der Waals surface area contributed by atoms with E-state index in [1.807, 2.05) is 0 Å². The van der Waals surface area contributed by atoms with Crippen LogP contribution in [0.5, 0.6) is 0 Å². The van der Waals surface area contributed by atoms with E-state index in [0.29, 0.717) is 0 Å². The van der Waals surface area contributed by atoms with Crippen molar-refractivity contribution in [1.82, 2.24) is 0 Å². The van der Waals surface area contributed by atoms with Crippen molar-refractivity contribution in [2.75, 3.05) is 12.5 Å². The Morgan fingerprint density at radius 3 is 2.43 bits per heavy atom. The first kappa shape index (κ1) is 10.4. The molecule has 1 aliphatic rings. The normalized spacial score (nSPS) is 18.2. The largest absolute Gasteiger partial charge is 0.385 e. The summed E-state index contributed by atoms with van der Waals surface area (Å²) >= 11 is 3.46. The van der Waals surface area contributed by atoms with Gasteiger partial charge in [0, 0.05) is 9.79 Å². The minimum Gasteiger partial charge on any atom is -0.385 e. The molecule has 0 bridgehead atoms. The van der Waals surface area contributed by atoms with Crippen molar-refractivity contribution in [2.45, 2.75) is 28.2 Å². The van der Waals surface area contributed by atoms with Crippen molar-refractivity contribution in [3.05, 3.63) is 23.8 Å². The molecule has 0 spiro atoms. The summed E-state index contributed by atoms with van der Waals surface area (Å²) < 4.78 is 0. The molecule has 1 saturated carbocycles. The predicted octanol–water partition coefficient (Wildman–Crippen LogP) is 3.11. The summed E-state index contributed by atoms with van der Waals surface area (Å²) in [5.74, 6) is 0. The quantitative estimate of drug-likeness (QED) is 0.800. The minimum atomic E-state index is -0.505. The van der Waals surface area contributed by atoms with Crippen LogP contribution in [0.25, 0.3) is 0 Å². The van der Waals surface area contributed by atoms with Crippen LogP contribution in [0.15, 0.2) is 28.0 Å². The molecule has 14 heavy (non-hydrogen) atoms. The Balaban J connectivity index is 2.40. The van der Waals surface area contributed by atoms with Crippen LogP contribution < -0.4 is 0 Å². The molecule has 0 amide bonds. The van der Waals surface area contributed by atoms with Gasteiger partial charge in [0.15, 0.2) is 0 Å². The number of thioether (sulfide) groups is 2. The maximum absolute atomic E-state index is 10.1. The summed E-state index contributed by atoms with van der Waals surface area (Å²) in [6, 6.07) is 6.33. The fraction of sp³-hybridized carbons (Fsp3) is 0.455. The molecule has 0 aromatic heterocycles. The van der Waals surface area contributed by atoms with Crippen LogP contribution in [0.2, 0.25) is 0 Å². The van der Waals surface area contributed by atoms with E-state index >= 15 is 0 Å². The van der Waals surface area contributed by atoms with Gasteiger partial charge in [-0.15, -0.1) is 23.5 Å². The molecule has 0 heterocycles. The highest BCUT2D eigenvalue weighted by atomic mass is 32.2. The third-order valence-corrected chi connectivity index (χ3v) is 4.14. The fourth-order valence-corrected chi connectivity index (χ4v) is 2.81. The van der Waals surface area contributed by atoms with Crippen LogP contribution in [0.3, 0.4) is 0 Å². The van der Waals surface area contributed by atoms with E-state index in [9.17, 15) is 5.11 Å². The summed E-state index contributed by atoms with van der Waals surface area (Å²) in [4.78, 5) is 2.49. The van der Waals surface area contributed by atoms with Gasteiger partial charge in [0.25, 0.3) is 0 Å². The molecule has 1 fully saturated rings. The molecule has 1 nitrogen and oxygen atoms in total. The lowest BCUT2D eigenvalue weighted by Gasteiger charge is -2.13. The molecule has 1 N–H and O–H groups in total. The Hall–Kier alpha value is -0.120. The second kappa shape index (κ2) is 3.80. The molecule has 1 aromatic rings. The Morgan fingerprint density at radius 1 is 1.21 bits per heavy atom. The molecule has 0 radical (unpaired) electrons. The molecule has 0 aliphatic heterocycles. The summed E-state index contributed by atoms with van der Waals surface area (Å²) in [6.45, 7) is 0. The zero-order valence-corrected chi connectivity index (χ0v) is 10.0. The second-order valence-electron chi connectivity index (χ2n) is 3.60. The van der Waals surface area contributed by atoms with Crippen molar-refractivity contribution in [2.24, 2.45) is 0 Å². The van der Waals surface area contributed by atoms with E-state index < -0.39 is 5.60 Å². The highest BCUT2D eigenvalue weighted by Crippen LogP contribution is 2.48. The first-order valence-corrected chi connectivity index (χ1v) is 7.09. The Kier molecular flexibility index (Phi) is 2.82. The topological polar surface area (TPSA) is 20.2 Å². The lowest BCUT2D eigenvalue weighted by atomic mass is 10.1. The van der Waals surface area contributed by atoms with Gasteiger partial charge in [0.1, 0.15) is 0 Å². The number of aliphatic hydroxyl groups is 1. The highest BCUT2D eigenvalue weighted by Gasteiger charge is 2.43. The average molecular weight is 226 g/mol. The van der Waals surface area contributed by atoms with Gasteiger partial charge < -0.3 is 5.11 Å². The van der Waals surface area contributed by atoms with E-state index in [2.05, 4.69) is 30.7 Å². The van der Waals surface area contributed by atoms with Crippen LogP contribution in [0.4, 0.5) is 0 Å². The van der Waals surface area contributed by atoms with Gasteiger partial charge in [0.2, 0.25) is 0 Å². The highest BCUT2D eigenvalue weighted by molar-refractivity contribution is 7.99. The molecular formula is C11H14OS2. The zero-order valence-electron chi connectivity index (χ0n) is 8.41. The maximum atomic E-state index is 10.1. The van der Waals surface area contributed by atoms with E-state index in [-0.39, 0.29) is 0 Å². The number of benzene rings is 1. The van der Waals surface area contributed by atoms with Crippen molar-refractivity contribution < 1.29 is 5.11 Å². The number of hydrogen-bond donors (Lipinski definition) is 1. The van der Waals surface area contributed by atoms with Crippen molar-refractivity contribution in [3.63, 3.8) is 0 Å². The van der Waals surface area contributed by atoms with Crippen molar-refractivity contribution in [3.8, 4) is 0 Å². The molecule has 1 aromatic carbocycles. The van der Waals surface area contributed by atoms with Gasteiger partial charge in [-0.1, -0.05) is 6.07 Å². The number of hydrogen-bond acceptors (Lipinski definition) is 3. The summed E-state index contributed by atoms with van der Waals surface area (Å²) in [6.07, 6.45) is 5.97. The van der Waals surface area contributed by atoms with E-state index in [1.165, 1.54) is 9.79 Å². The lowest BCUT2D eigenvalue weighted by molar-refractivity contribution is 0.148. The van der Waals surface area contributed by atoms with Crippen LogP contribution >= 0.6 is 23.5 Å². The molecule has 2 rings (SSSR count). The van der Waals surface area contributed by atoms with Gasteiger partial charge in [-0.05, 0) is 43.0 Å². The summed E-state index contributed by atoms with van der Waals surface area (Å²) in [7, 11) is 0. The average Bonchev–Trinajstić information content (AvgIpc) is 2.96. The van der Waals surface area contributed by atoms with Gasteiger partial charge in [-0.25, -0.2) is 0 Å². The SMILES string of the molecule is CSc1ccc(C2(O)CC2)c(SC)c1. The Bertz CT molecular complexity index is 345. The van der Waals surface area contributed by atoms with Gasteiger partial charge in [0.05, 0.1) is 5.60 Å². The summed E-state index contributed by atoms with van der Waals surface area (Å²) in [5, 5.41) is 10.1. The monoisotopic (exact) mass is 226 g/mol. The lowest BCUT2D eigenvalue weighted by Crippen LogP contribution is -2.05. The fourth-order valence-electron chi connectivity index (χ4n) is 1.57. The van der Waals surface area contributed by atoms with Gasteiger partial charge in [-0.3, -0.25) is 0 Å². The smallest absolute Gasteiger partial charge is 0.0909 e. The molecule has 0 atom stereocenters. The van der Waals surface area contributed by atoms with E-state index in [4.69, 9.17) is 0 Å². The van der Waals surface area contributed by atoms with Crippen LogP contribution in [-0.2, 0) is 5.60 Å². The van der Waals surface area contributed by atoms with Crippen LogP contribution in [-0.4, -0.2) is 17.6 Å². The zero-order chi connectivity index (χ0) is 10.2. The maximum Gasteiger partial charge on any atom is 0.0909 e. The van der Waals surface area contributed by atoms with Gasteiger partial charge >= 0.3 is 0 Å². The summed E-state index contributed by atoms with van der Waals surface area (Å²) in [5.41, 5.74) is 0.609. The standard InChI is InChI=1S/C11H14OS2/c1-13-8-3-4-9(10(7-8)14-2)11(12)5-6-11/h3-4,7,12H,5-6H2,1-2H3. The first-order chi connectivity index (χ1) is 6.69. The van der Waals surface area contributed by atoms with Crippen molar-refractivity contribution in [1.29, 1.82) is 0 Å². The molecule has 3 heteroatoms. The van der Waals surface area contributed by atoms with E-state index in [1.54, 1.807) is 23.5 Å². The Labute approximate surface area is 93.3 Å². The van der Waals surface area contributed by atoms with Crippen molar-refractivity contribution >= 4 is 23.5 Å². The van der Waals surface area contributed by atoms with Crippen LogP contribution in [0.1, 0.15) is 18.4 Å². The molecule has 76 valence electrons. The predicted molar refractivity (Wildman–Crippen MR) is 63.1 cm³/mol. The Morgan fingerprint density at radius 2 is 1.93 bits per heavy atom. The molecular weight excluding hydrogens is 212 g/mol. The van der Waals surface area contributed by atoms with Gasteiger partial charge in [-0.2, -0.15) is 0 Å². The third kappa shape index (κ3) is 1.81. The third-order valence-electron chi connectivity index (χ3n) is 2.63. The second-order valence-corrected chi connectivity index (χ2v) is 5.33. The van der Waals surface area contributed by atoms with E-state index in [0.717, 1.165) is 18.4 Å².